The predicted molar refractivity (Wildman–Crippen MR) is 71.3 cm³/mol. The minimum atomic E-state index is -3.32. The maximum absolute atomic E-state index is 12.1. The molecule has 0 fully saturated rings. The zero-order chi connectivity index (χ0) is 12.3. The molecule has 0 radical (unpaired) electrons. The average Bonchev–Trinajstić information content (AvgIpc) is 2.61. The Balaban J connectivity index is 2.83. The van der Waals surface area contributed by atoms with Gasteiger partial charge in [-0.05, 0) is 39.7 Å². The van der Waals surface area contributed by atoms with Gasteiger partial charge in [0.2, 0.25) is 0 Å². The Hall–Kier alpha value is 0.0900. The normalized spacial score (nSPS) is 12.6. The van der Waals surface area contributed by atoms with Crippen LogP contribution in [0.3, 0.4) is 0 Å². The number of hydrogen-bond donors (Lipinski definition) is 0. The highest BCUT2D eigenvalue weighted by Crippen LogP contribution is 2.29. The second-order valence-electron chi connectivity index (χ2n) is 4.07. The van der Waals surface area contributed by atoms with Gasteiger partial charge in [-0.3, -0.25) is 0 Å². The van der Waals surface area contributed by atoms with E-state index in [0.717, 1.165) is 6.42 Å². The van der Waals surface area contributed by atoms with Crippen molar-refractivity contribution in [3.05, 3.63) is 15.9 Å². The largest absolute Gasteiger partial charge is 0.253 e. The van der Waals surface area contributed by atoms with E-state index in [1.807, 2.05) is 0 Å². The van der Waals surface area contributed by atoms with Gasteiger partial charge in [-0.2, -0.15) is 0 Å². The third kappa shape index (κ3) is 3.29. The lowest BCUT2D eigenvalue weighted by Gasteiger charge is -2.17. The van der Waals surface area contributed by atoms with E-state index in [2.05, 4.69) is 29.8 Å². The summed E-state index contributed by atoms with van der Waals surface area (Å²) in [6.07, 6.45) is 0.874. The SMILES string of the molecule is CC(C)CCN(C)S(=O)(=O)c1sccc1Br. The van der Waals surface area contributed by atoms with E-state index in [9.17, 15) is 8.42 Å². The third-order valence-corrected chi connectivity index (χ3v) is 6.75. The fourth-order valence-corrected chi connectivity index (χ4v) is 4.85. The maximum Gasteiger partial charge on any atom is 0.253 e. The first-order chi connectivity index (χ1) is 7.35. The number of thiophene rings is 1. The van der Waals surface area contributed by atoms with Crippen LogP contribution in [0.1, 0.15) is 20.3 Å². The Bertz CT molecular complexity index is 439. The fraction of sp³-hybridized carbons (Fsp3) is 0.600. The molecule has 0 aliphatic heterocycles. The van der Waals surface area contributed by atoms with Crippen LogP contribution in [0.25, 0.3) is 0 Å². The molecule has 0 N–H and O–H groups in total. The number of rotatable bonds is 5. The maximum atomic E-state index is 12.1. The van der Waals surface area contributed by atoms with E-state index < -0.39 is 10.0 Å². The van der Waals surface area contributed by atoms with E-state index in [-0.39, 0.29) is 0 Å². The Morgan fingerprint density at radius 2 is 2.12 bits per heavy atom. The fourth-order valence-electron chi connectivity index (χ4n) is 1.17. The van der Waals surface area contributed by atoms with Gasteiger partial charge in [0.05, 0.1) is 0 Å². The minimum Gasteiger partial charge on any atom is -0.206 e. The molecule has 3 nitrogen and oxygen atoms in total. The van der Waals surface area contributed by atoms with E-state index >= 15 is 0 Å². The molecule has 0 aliphatic rings. The molecular weight excluding hydrogens is 310 g/mol. The Kier molecular flexibility index (Phi) is 4.97. The molecule has 0 amide bonds. The molecule has 1 aromatic rings. The van der Waals surface area contributed by atoms with Crippen molar-refractivity contribution in [3.63, 3.8) is 0 Å². The lowest BCUT2D eigenvalue weighted by Crippen LogP contribution is -2.28. The molecule has 0 saturated carbocycles. The van der Waals surface area contributed by atoms with Crippen LogP contribution in [-0.2, 0) is 10.0 Å². The highest BCUT2D eigenvalue weighted by Gasteiger charge is 2.24. The second-order valence-corrected chi connectivity index (χ2v) is 8.08. The zero-order valence-corrected chi connectivity index (χ0v) is 12.8. The highest BCUT2D eigenvalue weighted by molar-refractivity contribution is 9.10. The van der Waals surface area contributed by atoms with Crippen LogP contribution in [0.2, 0.25) is 0 Å². The van der Waals surface area contributed by atoms with Gasteiger partial charge in [-0.25, -0.2) is 12.7 Å². The summed E-state index contributed by atoms with van der Waals surface area (Å²) in [5.74, 6) is 0.504. The monoisotopic (exact) mass is 325 g/mol. The lowest BCUT2D eigenvalue weighted by molar-refractivity contribution is 0.429. The average molecular weight is 326 g/mol. The van der Waals surface area contributed by atoms with E-state index in [4.69, 9.17) is 0 Å². The van der Waals surface area contributed by atoms with Crippen LogP contribution in [0, 0.1) is 5.92 Å². The van der Waals surface area contributed by atoms with Crippen molar-refractivity contribution in [1.82, 2.24) is 4.31 Å². The molecular formula is C10H16BrNO2S2. The van der Waals surface area contributed by atoms with Crippen molar-refractivity contribution in [2.45, 2.75) is 24.5 Å². The molecule has 0 unspecified atom stereocenters. The van der Waals surface area contributed by atoms with E-state index in [1.54, 1.807) is 18.5 Å². The van der Waals surface area contributed by atoms with Crippen LogP contribution in [0.4, 0.5) is 0 Å². The van der Waals surface area contributed by atoms with Gasteiger partial charge >= 0.3 is 0 Å². The predicted octanol–water partition coefficient (Wildman–Crippen LogP) is 3.18. The molecule has 0 bridgehead atoms. The minimum absolute atomic E-state index is 0.388. The lowest BCUT2D eigenvalue weighted by atomic mass is 10.1. The quantitative estimate of drug-likeness (QED) is 0.833. The first-order valence-corrected chi connectivity index (χ1v) is 8.16. The van der Waals surface area contributed by atoms with Crippen LogP contribution >= 0.6 is 27.3 Å². The summed E-state index contributed by atoms with van der Waals surface area (Å²) >= 11 is 4.50. The smallest absolute Gasteiger partial charge is 0.206 e. The van der Waals surface area contributed by atoms with Crippen molar-refractivity contribution in [3.8, 4) is 0 Å². The third-order valence-electron chi connectivity index (χ3n) is 2.25. The summed E-state index contributed by atoms with van der Waals surface area (Å²) in [5, 5.41) is 1.77. The summed E-state index contributed by atoms with van der Waals surface area (Å²) in [6.45, 7) is 4.73. The van der Waals surface area contributed by atoms with Gasteiger partial charge in [-0.15, -0.1) is 11.3 Å². The Labute approximate surface area is 110 Å². The molecule has 0 atom stereocenters. The summed E-state index contributed by atoms with van der Waals surface area (Å²) in [5.41, 5.74) is 0. The van der Waals surface area contributed by atoms with Crippen molar-refractivity contribution in [2.75, 3.05) is 13.6 Å². The Morgan fingerprint density at radius 1 is 1.50 bits per heavy atom. The Morgan fingerprint density at radius 3 is 2.56 bits per heavy atom. The first-order valence-electron chi connectivity index (χ1n) is 5.05. The van der Waals surface area contributed by atoms with Gasteiger partial charge in [0.1, 0.15) is 4.21 Å². The van der Waals surface area contributed by atoms with Crippen LogP contribution in [0.15, 0.2) is 20.1 Å². The van der Waals surface area contributed by atoms with Crippen LogP contribution < -0.4 is 0 Å². The molecule has 92 valence electrons. The van der Waals surface area contributed by atoms with Gasteiger partial charge in [0, 0.05) is 18.1 Å². The molecule has 0 aliphatic carbocycles. The molecule has 1 heterocycles. The molecule has 1 rings (SSSR count). The summed E-state index contributed by atoms with van der Waals surface area (Å²) in [7, 11) is -1.69. The van der Waals surface area contributed by atoms with E-state index in [1.165, 1.54) is 15.6 Å². The van der Waals surface area contributed by atoms with E-state index in [0.29, 0.717) is 21.1 Å². The van der Waals surface area contributed by atoms with Crippen LogP contribution in [-0.4, -0.2) is 26.3 Å². The molecule has 0 spiro atoms. The van der Waals surface area contributed by atoms with Gasteiger partial charge in [-0.1, -0.05) is 13.8 Å². The summed E-state index contributed by atoms with van der Waals surface area (Å²) in [6, 6.07) is 1.76. The second kappa shape index (κ2) is 5.62. The van der Waals surface area contributed by atoms with Crippen molar-refractivity contribution >= 4 is 37.3 Å². The number of nitrogens with zero attached hydrogens (tertiary/aromatic N) is 1. The van der Waals surface area contributed by atoms with Gasteiger partial charge in [0.15, 0.2) is 0 Å². The molecule has 16 heavy (non-hydrogen) atoms. The van der Waals surface area contributed by atoms with Crippen molar-refractivity contribution in [2.24, 2.45) is 5.92 Å². The molecule has 6 heteroatoms. The number of hydrogen-bond acceptors (Lipinski definition) is 3. The van der Waals surface area contributed by atoms with Crippen LogP contribution in [0.5, 0.6) is 0 Å². The van der Waals surface area contributed by atoms with Gasteiger partial charge in [0.25, 0.3) is 10.0 Å². The first kappa shape index (κ1) is 14.2. The number of sulfonamides is 1. The zero-order valence-electron chi connectivity index (χ0n) is 9.60. The van der Waals surface area contributed by atoms with Crippen molar-refractivity contribution < 1.29 is 8.42 Å². The number of halogens is 1. The van der Waals surface area contributed by atoms with Crippen molar-refractivity contribution in [1.29, 1.82) is 0 Å². The summed E-state index contributed by atoms with van der Waals surface area (Å²) < 4.78 is 26.7. The highest BCUT2D eigenvalue weighted by atomic mass is 79.9. The molecule has 1 aromatic heterocycles. The molecule has 0 saturated heterocycles. The standard InChI is InChI=1S/C10H16BrNO2S2/c1-8(2)4-6-12(3)16(13,14)10-9(11)5-7-15-10/h5,7-8H,4,6H2,1-3H3. The molecule has 0 aromatic carbocycles. The summed E-state index contributed by atoms with van der Waals surface area (Å²) in [4.78, 5) is 0. The van der Waals surface area contributed by atoms with Gasteiger partial charge < -0.3 is 0 Å². The topological polar surface area (TPSA) is 37.4 Å².